The molecule has 23 heavy (non-hydrogen) atoms. The number of hydrogen-bond acceptors (Lipinski definition) is 4. The highest BCUT2D eigenvalue weighted by atomic mass is 127. The summed E-state index contributed by atoms with van der Waals surface area (Å²) < 4.78 is 0. The molecule has 0 amide bonds. The molecular weight excluding hydrogens is 439 g/mol. The smallest absolute Gasteiger partial charge is 0.191 e. The highest BCUT2D eigenvalue weighted by molar-refractivity contribution is 14.0. The second-order valence-corrected chi connectivity index (χ2v) is 7.16. The number of thiazole rings is 1. The molecule has 1 heterocycles. The molecule has 0 aliphatic rings. The predicted octanol–water partition coefficient (Wildman–Crippen LogP) is 4.09. The highest BCUT2D eigenvalue weighted by Crippen LogP contribution is 2.11. The van der Waals surface area contributed by atoms with Gasteiger partial charge in [-0.25, -0.2) is 4.98 Å². The zero-order valence-electron chi connectivity index (χ0n) is 14.6. The summed E-state index contributed by atoms with van der Waals surface area (Å²) in [5.41, 5.74) is 1.14. The lowest BCUT2D eigenvalue weighted by atomic mass is 10.2. The first-order valence-corrected chi connectivity index (χ1v) is 10.5. The van der Waals surface area contributed by atoms with Crippen LogP contribution in [0.4, 0.5) is 0 Å². The van der Waals surface area contributed by atoms with Crippen molar-refractivity contribution in [3.63, 3.8) is 0 Å². The van der Waals surface area contributed by atoms with Crippen LogP contribution in [0.15, 0.2) is 10.4 Å². The minimum Gasteiger partial charge on any atom is -0.357 e. The number of thioether (sulfide) groups is 1. The molecule has 1 rings (SSSR count). The molecule has 0 atom stereocenters. The molecule has 0 spiro atoms. The number of hydrogen-bond donors (Lipinski definition) is 2. The molecule has 0 aromatic carbocycles. The minimum absolute atomic E-state index is 0. The number of unbranched alkanes of at least 4 members (excludes halogenated alkanes) is 2. The van der Waals surface area contributed by atoms with Gasteiger partial charge in [0.25, 0.3) is 0 Å². The number of halogens is 1. The Hall–Kier alpha value is -0.0200. The fraction of sp³-hybridized carbons (Fsp3) is 0.750. The highest BCUT2D eigenvalue weighted by Gasteiger charge is 2.00. The molecule has 0 aliphatic heterocycles. The molecule has 0 saturated carbocycles. The van der Waals surface area contributed by atoms with Crippen LogP contribution in [0, 0.1) is 6.92 Å². The normalized spacial score (nSPS) is 11.2. The quantitative estimate of drug-likeness (QED) is 0.221. The zero-order chi connectivity index (χ0) is 16.0. The fourth-order valence-electron chi connectivity index (χ4n) is 2.02. The topological polar surface area (TPSA) is 49.3 Å². The maximum atomic E-state index is 4.62. The molecule has 0 unspecified atom stereocenters. The number of aromatic nitrogens is 1. The van der Waals surface area contributed by atoms with Crippen molar-refractivity contribution >= 4 is 53.0 Å². The van der Waals surface area contributed by atoms with Gasteiger partial charge in [-0.3, -0.25) is 4.99 Å². The number of nitrogens with zero attached hydrogens (tertiary/aromatic N) is 2. The predicted molar refractivity (Wildman–Crippen MR) is 117 cm³/mol. The second-order valence-electron chi connectivity index (χ2n) is 5.23. The maximum Gasteiger partial charge on any atom is 0.191 e. The van der Waals surface area contributed by atoms with Crippen molar-refractivity contribution in [1.29, 1.82) is 0 Å². The summed E-state index contributed by atoms with van der Waals surface area (Å²) in [5.74, 6) is 2.19. The van der Waals surface area contributed by atoms with E-state index in [-0.39, 0.29) is 24.0 Å². The Morgan fingerprint density at radius 2 is 2.09 bits per heavy atom. The van der Waals surface area contributed by atoms with Gasteiger partial charge in [-0.05, 0) is 58.0 Å². The van der Waals surface area contributed by atoms with Crippen LogP contribution in [0.5, 0.6) is 0 Å². The maximum absolute atomic E-state index is 4.62. The number of rotatable bonds is 11. The SMILES string of the molecule is CCNC(=NCCCCSC)NCCCCc1nc(C)cs1.I. The fourth-order valence-corrected chi connectivity index (χ4v) is 3.33. The largest absolute Gasteiger partial charge is 0.357 e. The summed E-state index contributed by atoms with van der Waals surface area (Å²) in [6, 6.07) is 0. The van der Waals surface area contributed by atoms with Crippen molar-refractivity contribution in [3.8, 4) is 0 Å². The van der Waals surface area contributed by atoms with E-state index >= 15 is 0 Å². The first-order chi connectivity index (χ1) is 10.8. The molecule has 0 aliphatic carbocycles. The van der Waals surface area contributed by atoms with Crippen LogP contribution >= 0.6 is 47.1 Å². The summed E-state index contributed by atoms with van der Waals surface area (Å²) in [4.78, 5) is 9.12. The van der Waals surface area contributed by atoms with E-state index in [1.165, 1.54) is 30.0 Å². The molecule has 1 aromatic heterocycles. The van der Waals surface area contributed by atoms with Crippen molar-refractivity contribution in [2.75, 3.05) is 31.6 Å². The molecule has 2 N–H and O–H groups in total. The monoisotopic (exact) mass is 470 g/mol. The average molecular weight is 470 g/mol. The van der Waals surface area contributed by atoms with Crippen LogP contribution in [0.25, 0.3) is 0 Å². The van der Waals surface area contributed by atoms with Crippen molar-refractivity contribution in [3.05, 3.63) is 16.1 Å². The van der Waals surface area contributed by atoms with Gasteiger partial charge in [0.15, 0.2) is 5.96 Å². The van der Waals surface area contributed by atoms with Crippen LogP contribution in [0.3, 0.4) is 0 Å². The van der Waals surface area contributed by atoms with Gasteiger partial charge in [0, 0.05) is 30.7 Å². The van der Waals surface area contributed by atoms with Crippen LogP contribution in [-0.2, 0) is 6.42 Å². The van der Waals surface area contributed by atoms with E-state index in [1.807, 2.05) is 11.8 Å². The van der Waals surface area contributed by atoms with Gasteiger partial charge in [0.05, 0.1) is 5.01 Å². The van der Waals surface area contributed by atoms with Gasteiger partial charge in [-0.15, -0.1) is 35.3 Å². The first kappa shape index (κ1) is 23.0. The van der Waals surface area contributed by atoms with Crippen LogP contribution in [0.1, 0.15) is 43.3 Å². The van der Waals surface area contributed by atoms with E-state index in [9.17, 15) is 0 Å². The van der Waals surface area contributed by atoms with E-state index in [1.54, 1.807) is 11.3 Å². The summed E-state index contributed by atoms with van der Waals surface area (Å²) >= 11 is 3.68. The van der Waals surface area contributed by atoms with Crippen molar-refractivity contribution < 1.29 is 0 Å². The third-order valence-corrected chi connectivity index (χ3v) is 4.87. The molecule has 0 fully saturated rings. The van der Waals surface area contributed by atoms with E-state index < -0.39 is 0 Å². The second kappa shape index (κ2) is 15.5. The van der Waals surface area contributed by atoms with Crippen molar-refractivity contribution in [2.24, 2.45) is 4.99 Å². The summed E-state index contributed by atoms with van der Waals surface area (Å²) in [6.07, 6.45) is 7.98. The van der Waals surface area contributed by atoms with Crippen molar-refractivity contribution in [1.82, 2.24) is 15.6 Å². The zero-order valence-corrected chi connectivity index (χ0v) is 18.5. The van der Waals surface area contributed by atoms with Gasteiger partial charge in [-0.2, -0.15) is 11.8 Å². The van der Waals surface area contributed by atoms with Gasteiger partial charge in [0.1, 0.15) is 0 Å². The summed E-state index contributed by atoms with van der Waals surface area (Å²) in [5, 5.41) is 10.1. The molecule has 0 bridgehead atoms. The van der Waals surface area contributed by atoms with Crippen LogP contribution in [-0.4, -0.2) is 42.6 Å². The molecular formula is C16H31IN4S2. The van der Waals surface area contributed by atoms with Crippen molar-refractivity contribution in [2.45, 2.75) is 46.0 Å². The Morgan fingerprint density at radius 3 is 2.74 bits per heavy atom. The summed E-state index contributed by atoms with van der Waals surface area (Å²) in [7, 11) is 0. The lowest BCUT2D eigenvalue weighted by molar-refractivity contribution is 0.690. The molecule has 0 saturated heterocycles. The molecule has 0 radical (unpaired) electrons. The Morgan fingerprint density at radius 1 is 1.26 bits per heavy atom. The molecule has 4 nitrogen and oxygen atoms in total. The van der Waals surface area contributed by atoms with E-state index in [4.69, 9.17) is 0 Å². The number of nitrogens with one attached hydrogen (secondary N) is 2. The Balaban J connectivity index is 0.00000484. The third kappa shape index (κ3) is 12.1. The lowest BCUT2D eigenvalue weighted by Gasteiger charge is -2.11. The Labute approximate surface area is 166 Å². The van der Waals surface area contributed by atoms with Crippen LogP contribution in [0.2, 0.25) is 0 Å². The van der Waals surface area contributed by atoms with Gasteiger partial charge < -0.3 is 10.6 Å². The van der Waals surface area contributed by atoms with Gasteiger partial charge in [-0.1, -0.05) is 0 Å². The molecule has 1 aromatic rings. The van der Waals surface area contributed by atoms with Gasteiger partial charge >= 0.3 is 0 Å². The number of aliphatic imine (C=N–C) groups is 1. The first-order valence-electron chi connectivity index (χ1n) is 8.18. The lowest BCUT2D eigenvalue weighted by Crippen LogP contribution is -2.37. The Kier molecular flexibility index (Phi) is 15.5. The third-order valence-electron chi connectivity index (χ3n) is 3.15. The summed E-state index contributed by atoms with van der Waals surface area (Å²) in [6.45, 7) is 6.96. The van der Waals surface area contributed by atoms with E-state index in [0.717, 1.165) is 44.1 Å². The molecule has 134 valence electrons. The van der Waals surface area contributed by atoms with Crippen LogP contribution < -0.4 is 10.6 Å². The van der Waals surface area contributed by atoms with E-state index in [2.05, 4.69) is 46.1 Å². The van der Waals surface area contributed by atoms with Gasteiger partial charge in [0.2, 0.25) is 0 Å². The number of aryl methyl sites for hydroxylation is 2. The average Bonchev–Trinajstić information content (AvgIpc) is 2.92. The minimum atomic E-state index is 0. The number of guanidine groups is 1. The van der Waals surface area contributed by atoms with E-state index in [0.29, 0.717) is 0 Å². The molecule has 7 heteroatoms. The standard InChI is InChI=1S/C16H30N4S2.HI/c1-4-17-16(19-11-7-8-12-21-3)18-10-6-5-9-15-20-14(2)13-22-15;/h13H,4-12H2,1-3H3,(H2,17,18,19);1H. The Bertz CT molecular complexity index is 424.